The zero-order valence-corrected chi connectivity index (χ0v) is 16.9. The number of nitrogens with one attached hydrogen (secondary N) is 2. The van der Waals surface area contributed by atoms with Gasteiger partial charge in [-0.3, -0.25) is 4.79 Å². The summed E-state index contributed by atoms with van der Waals surface area (Å²) in [5.41, 5.74) is -0.593. The third kappa shape index (κ3) is 7.74. The van der Waals surface area contributed by atoms with Gasteiger partial charge in [-0.1, -0.05) is 6.07 Å². The molecule has 1 aromatic heterocycles. The maximum Gasteiger partial charge on any atom is 0.408 e. The Labute approximate surface area is 160 Å². The molecular weight excluding hydrogens is 350 g/mol. The summed E-state index contributed by atoms with van der Waals surface area (Å²) in [7, 11) is 0. The second kappa shape index (κ2) is 9.92. The molecular formula is C19H31N3O3S. The van der Waals surface area contributed by atoms with E-state index in [1.807, 2.05) is 17.5 Å². The van der Waals surface area contributed by atoms with Crippen molar-refractivity contribution in [3.8, 4) is 0 Å². The van der Waals surface area contributed by atoms with E-state index >= 15 is 0 Å². The lowest BCUT2D eigenvalue weighted by Crippen LogP contribution is -2.49. The van der Waals surface area contributed by atoms with Crippen LogP contribution in [-0.4, -0.2) is 54.7 Å². The predicted molar refractivity (Wildman–Crippen MR) is 104 cm³/mol. The van der Waals surface area contributed by atoms with E-state index in [0.717, 1.165) is 30.9 Å². The molecule has 1 aliphatic heterocycles. The van der Waals surface area contributed by atoms with Gasteiger partial charge in [0.25, 0.3) is 0 Å². The highest BCUT2D eigenvalue weighted by Crippen LogP contribution is 2.13. The SMILES string of the molecule is CC(C)(C)OC(=O)N[C@@H](Cc1cccs1)C(=O)NCCCN1CCCC1. The van der Waals surface area contributed by atoms with Crippen molar-refractivity contribution in [2.24, 2.45) is 0 Å². The van der Waals surface area contributed by atoms with Gasteiger partial charge in [0.2, 0.25) is 5.91 Å². The van der Waals surface area contributed by atoms with E-state index in [1.165, 1.54) is 12.8 Å². The molecule has 0 aromatic carbocycles. The number of carbonyl (C=O) groups is 2. The fourth-order valence-corrected chi connectivity index (χ4v) is 3.68. The zero-order valence-electron chi connectivity index (χ0n) is 16.0. The van der Waals surface area contributed by atoms with E-state index < -0.39 is 17.7 Å². The van der Waals surface area contributed by atoms with Crippen molar-refractivity contribution >= 4 is 23.3 Å². The number of rotatable bonds is 8. The van der Waals surface area contributed by atoms with Crippen molar-refractivity contribution in [2.45, 2.75) is 58.1 Å². The van der Waals surface area contributed by atoms with Gasteiger partial charge in [-0.2, -0.15) is 0 Å². The minimum absolute atomic E-state index is 0.161. The third-order valence-corrected chi connectivity index (χ3v) is 5.04. The molecule has 26 heavy (non-hydrogen) atoms. The lowest BCUT2D eigenvalue weighted by Gasteiger charge is -2.23. The molecule has 0 radical (unpaired) electrons. The normalized spacial score (nSPS) is 16.3. The molecule has 2 N–H and O–H groups in total. The number of thiophene rings is 1. The van der Waals surface area contributed by atoms with Gasteiger partial charge < -0.3 is 20.3 Å². The molecule has 1 fully saturated rings. The average Bonchev–Trinajstić information content (AvgIpc) is 3.22. The van der Waals surface area contributed by atoms with E-state index in [0.29, 0.717) is 13.0 Å². The number of ether oxygens (including phenoxy) is 1. The van der Waals surface area contributed by atoms with Crippen molar-refractivity contribution in [3.63, 3.8) is 0 Å². The lowest BCUT2D eigenvalue weighted by molar-refractivity contribution is -0.123. The van der Waals surface area contributed by atoms with Gasteiger partial charge in [-0.15, -0.1) is 11.3 Å². The van der Waals surface area contributed by atoms with Gasteiger partial charge in [0, 0.05) is 17.8 Å². The molecule has 2 amide bonds. The number of nitrogens with zero attached hydrogens (tertiary/aromatic N) is 1. The van der Waals surface area contributed by atoms with E-state index in [-0.39, 0.29) is 5.91 Å². The quantitative estimate of drug-likeness (QED) is 0.680. The first-order chi connectivity index (χ1) is 12.3. The minimum atomic E-state index is -0.629. The number of amides is 2. The Morgan fingerprint density at radius 1 is 1.31 bits per heavy atom. The monoisotopic (exact) mass is 381 g/mol. The molecule has 2 rings (SSSR count). The molecule has 1 aliphatic rings. The molecule has 0 unspecified atom stereocenters. The van der Waals surface area contributed by atoms with E-state index in [9.17, 15) is 9.59 Å². The standard InChI is InChI=1S/C19H31N3O3S/c1-19(2,3)25-18(24)21-16(14-15-8-6-13-26-15)17(23)20-9-7-12-22-10-4-5-11-22/h6,8,13,16H,4-5,7,9-12,14H2,1-3H3,(H,20,23)(H,21,24)/t16-/m0/s1. The van der Waals surface area contributed by atoms with E-state index in [2.05, 4.69) is 15.5 Å². The summed E-state index contributed by atoms with van der Waals surface area (Å²) in [6, 6.07) is 3.28. The van der Waals surface area contributed by atoms with Crippen LogP contribution in [0.5, 0.6) is 0 Å². The summed E-state index contributed by atoms with van der Waals surface area (Å²) >= 11 is 1.58. The predicted octanol–water partition coefficient (Wildman–Crippen LogP) is 2.79. The van der Waals surface area contributed by atoms with Crippen LogP contribution < -0.4 is 10.6 Å². The molecule has 0 spiro atoms. The number of hydrogen-bond donors (Lipinski definition) is 2. The van der Waals surface area contributed by atoms with Gasteiger partial charge in [0.05, 0.1) is 0 Å². The molecule has 0 saturated carbocycles. The topological polar surface area (TPSA) is 70.7 Å². The highest BCUT2D eigenvalue weighted by atomic mass is 32.1. The Kier molecular flexibility index (Phi) is 7.90. The first kappa shape index (κ1) is 20.7. The zero-order chi connectivity index (χ0) is 19.0. The summed E-state index contributed by atoms with van der Waals surface area (Å²) in [5.74, 6) is -0.161. The maximum absolute atomic E-state index is 12.6. The molecule has 7 heteroatoms. The van der Waals surface area contributed by atoms with E-state index in [1.54, 1.807) is 32.1 Å². The van der Waals surface area contributed by atoms with Crippen molar-refractivity contribution in [2.75, 3.05) is 26.2 Å². The van der Waals surface area contributed by atoms with Crippen LogP contribution in [0.25, 0.3) is 0 Å². The Bertz CT molecular complexity index is 563. The Hall–Kier alpha value is -1.60. The van der Waals surface area contributed by atoms with Gasteiger partial charge in [0.1, 0.15) is 11.6 Å². The highest BCUT2D eigenvalue weighted by Gasteiger charge is 2.25. The van der Waals surface area contributed by atoms with Crippen LogP contribution in [0.2, 0.25) is 0 Å². The second-order valence-corrected chi connectivity index (χ2v) is 8.71. The summed E-state index contributed by atoms with van der Waals surface area (Å²) in [6.45, 7) is 9.36. The number of carbonyl (C=O) groups excluding carboxylic acids is 2. The fourth-order valence-electron chi connectivity index (χ4n) is 2.93. The summed E-state index contributed by atoms with van der Waals surface area (Å²) < 4.78 is 5.30. The molecule has 0 bridgehead atoms. The third-order valence-electron chi connectivity index (χ3n) is 4.14. The Morgan fingerprint density at radius 2 is 2.04 bits per heavy atom. The summed E-state index contributed by atoms with van der Waals surface area (Å²) in [6.07, 6.45) is 3.37. The van der Waals surface area contributed by atoms with Crippen molar-refractivity contribution in [1.29, 1.82) is 0 Å². The molecule has 146 valence electrons. The van der Waals surface area contributed by atoms with Crippen molar-refractivity contribution in [1.82, 2.24) is 15.5 Å². The van der Waals surface area contributed by atoms with Crippen LogP contribution in [0.1, 0.15) is 44.9 Å². The molecule has 0 aliphatic carbocycles. The highest BCUT2D eigenvalue weighted by molar-refractivity contribution is 7.09. The van der Waals surface area contributed by atoms with Gasteiger partial charge in [-0.25, -0.2) is 4.79 Å². The molecule has 1 atom stereocenters. The van der Waals surface area contributed by atoms with Crippen LogP contribution in [0.3, 0.4) is 0 Å². The number of alkyl carbamates (subject to hydrolysis) is 1. The largest absolute Gasteiger partial charge is 0.444 e. The Balaban J connectivity index is 1.82. The molecule has 2 heterocycles. The molecule has 6 nitrogen and oxygen atoms in total. The summed E-state index contributed by atoms with van der Waals surface area (Å²) in [5, 5.41) is 7.64. The summed E-state index contributed by atoms with van der Waals surface area (Å²) in [4.78, 5) is 28.1. The first-order valence-electron chi connectivity index (χ1n) is 9.35. The first-order valence-corrected chi connectivity index (χ1v) is 10.2. The smallest absolute Gasteiger partial charge is 0.408 e. The van der Waals surface area contributed by atoms with Crippen LogP contribution in [0, 0.1) is 0 Å². The lowest BCUT2D eigenvalue weighted by atomic mass is 10.1. The van der Waals surface area contributed by atoms with Crippen molar-refractivity contribution in [3.05, 3.63) is 22.4 Å². The maximum atomic E-state index is 12.6. The minimum Gasteiger partial charge on any atom is -0.444 e. The number of hydrogen-bond acceptors (Lipinski definition) is 5. The molecule has 1 aromatic rings. The molecule has 1 saturated heterocycles. The van der Waals surface area contributed by atoms with Crippen LogP contribution in [0.4, 0.5) is 4.79 Å². The van der Waals surface area contributed by atoms with Gasteiger partial charge in [-0.05, 0) is 71.1 Å². The Morgan fingerprint density at radius 3 is 2.65 bits per heavy atom. The van der Waals surface area contributed by atoms with E-state index in [4.69, 9.17) is 4.74 Å². The van der Waals surface area contributed by atoms with Crippen LogP contribution in [0.15, 0.2) is 17.5 Å². The average molecular weight is 382 g/mol. The number of likely N-dealkylation sites (tertiary alicyclic amines) is 1. The second-order valence-electron chi connectivity index (χ2n) is 7.68. The van der Waals surface area contributed by atoms with Gasteiger partial charge >= 0.3 is 6.09 Å². The van der Waals surface area contributed by atoms with Crippen LogP contribution in [-0.2, 0) is 16.0 Å². The van der Waals surface area contributed by atoms with Gasteiger partial charge in [0.15, 0.2) is 0 Å². The fraction of sp³-hybridized carbons (Fsp3) is 0.684. The van der Waals surface area contributed by atoms with Crippen molar-refractivity contribution < 1.29 is 14.3 Å². The van der Waals surface area contributed by atoms with Crippen LogP contribution >= 0.6 is 11.3 Å².